The number of carbonyl (C=O) groups excluding carboxylic acids is 1. The fourth-order valence-electron chi connectivity index (χ4n) is 4.43. The highest BCUT2D eigenvalue weighted by molar-refractivity contribution is 5.94. The number of imidazole rings is 1. The molecule has 0 bridgehead atoms. The molecule has 6 heteroatoms. The number of aromatic nitrogens is 2. The maximum absolute atomic E-state index is 12.4. The first-order valence-corrected chi connectivity index (χ1v) is 12.6. The van der Waals surface area contributed by atoms with Crippen LogP contribution in [0.4, 0.5) is 0 Å². The van der Waals surface area contributed by atoms with Crippen molar-refractivity contribution in [3.05, 3.63) is 89.2 Å². The van der Waals surface area contributed by atoms with Gasteiger partial charge in [-0.1, -0.05) is 30.3 Å². The molecule has 0 spiro atoms. The van der Waals surface area contributed by atoms with Crippen LogP contribution < -0.4 is 14.8 Å². The number of nitrogens with zero attached hydrogens (tertiary/aromatic N) is 2. The number of unbranched alkanes of at least 4 members (excludes halogenated alkanes) is 1. The highest BCUT2D eigenvalue weighted by atomic mass is 16.5. The van der Waals surface area contributed by atoms with Crippen molar-refractivity contribution in [2.24, 2.45) is 0 Å². The van der Waals surface area contributed by atoms with Crippen LogP contribution >= 0.6 is 0 Å². The minimum atomic E-state index is -0.0740. The Morgan fingerprint density at radius 3 is 2.42 bits per heavy atom. The monoisotopic (exact) mass is 485 g/mol. The number of benzene rings is 3. The lowest BCUT2D eigenvalue weighted by Gasteiger charge is -2.13. The molecule has 6 nitrogen and oxygen atoms in total. The van der Waals surface area contributed by atoms with E-state index in [0.717, 1.165) is 60.6 Å². The summed E-state index contributed by atoms with van der Waals surface area (Å²) in [7, 11) is 1.61. The maximum Gasteiger partial charge on any atom is 0.251 e. The van der Waals surface area contributed by atoms with Gasteiger partial charge in [-0.05, 0) is 80.6 Å². The number of rotatable bonds is 12. The molecular formula is C30H35N3O3. The summed E-state index contributed by atoms with van der Waals surface area (Å²) in [5, 5.41) is 3.01. The number of hydrogen-bond acceptors (Lipinski definition) is 4. The van der Waals surface area contributed by atoms with Crippen molar-refractivity contribution in [2.75, 3.05) is 20.3 Å². The zero-order chi connectivity index (χ0) is 25.3. The van der Waals surface area contributed by atoms with E-state index in [0.29, 0.717) is 18.7 Å². The number of fused-ring (bicyclic) bond motifs is 1. The van der Waals surface area contributed by atoms with Crippen molar-refractivity contribution in [2.45, 2.75) is 46.1 Å². The van der Waals surface area contributed by atoms with E-state index < -0.39 is 0 Å². The summed E-state index contributed by atoms with van der Waals surface area (Å²) in [5.41, 5.74) is 5.16. The van der Waals surface area contributed by atoms with Gasteiger partial charge < -0.3 is 19.4 Å². The van der Waals surface area contributed by atoms with Crippen molar-refractivity contribution in [1.82, 2.24) is 14.9 Å². The van der Waals surface area contributed by atoms with E-state index in [1.165, 1.54) is 11.1 Å². The highest BCUT2D eigenvalue weighted by Gasteiger charge is 2.11. The van der Waals surface area contributed by atoms with Crippen molar-refractivity contribution < 1.29 is 14.3 Å². The van der Waals surface area contributed by atoms with Crippen molar-refractivity contribution in [3.63, 3.8) is 0 Å². The van der Waals surface area contributed by atoms with Crippen LogP contribution in [0.15, 0.2) is 66.7 Å². The summed E-state index contributed by atoms with van der Waals surface area (Å²) in [6, 6.07) is 21.7. The molecule has 0 fully saturated rings. The molecule has 0 unspecified atom stereocenters. The lowest BCUT2D eigenvalue weighted by Crippen LogP contribution is -2.25. The first-order valence-electron chi connectivity index (χ1n) is 12.6. The van der Waals surface area contributed by atoms with Gasteiger partial charge in [0.1, 0.15) is 17.3 Å². The Morgan fingerprint density at radius 1 is 0.917 bits per heavy atom. The van der Waals surface area contributed by atoms with Crippen LogP contribution in [-0.2, 0) is 13.0 Å². The number of carbonyl (C=O) groups is 1. The fraction of sp³-hybridized carbons (Fsp3) is 0.333. The Morgan fingerprint density at radius 2 is 1.67 bits per heavy atom. The number of hydrogen-bond donors (Lipinski definition) is 1. The van der Waals surface area contributed by atoms with Gasteiger partial charge in [-0.3, -0.25) is 4.79 Å². The minimum absolute atomic E-state index is 0.0740. The van der Waals surface area contributed by atoms with E-state index in [1.807, 2.05) is 6.07 Å². The zero-order valence-electron chi connectivity index (χ0n) is 21.4. The molecule has 1 amide bonds. The lowest BCUT2D eigenvalue weighted by atomic mass is 10.1. The number of amides is 1. The second-order valence-corrected chi connectivity index (χ2v) is 9.03. The van der Waals surface area contributed by atoms with Crippen LogP contribution in [0.5, 0.6) is 11.5 Å². The predicted octanol–water partition coefficient (Wildman–Crippen LogP) is 5.88. The number of methoxy groups -OCH3 is 1. The van der Waals surface area contributed by atoms with Crippen LogP contribution in [0.1, 0.15) is 46.6 Å². The van der Waals surface area contributed by atoms with E-state index in [2.05, 4.69) is 60.1 Å². The van der Waals surface area contributed by atoms with Crippen molar-refractivity contribution in [1.29, 1.82) is 0 Å². The van der Waals surface area contributed by atoms with Crippen LogP contribution in [0.3, 0.4) is 0 Å². The molecule has 0 aliphatic rings. The van der Waals surface area contributed by atoms with E-state index >= 15 is 0 Å². The Hall–Kier alpha value is -3.80. The van der Waals surface area contributed by atoms with Crippen LogP contribution in [-0.4, -0.2) is 35.7 Å². The third-order valence-corrected chi connectivity index (χ3v) is 6.38. The van der Waals surface area contributed by atoms with Crippen molar-refractivity contribution in [3.8, 4) is 11.5 Å². The summed E-state index contributed by atoms with van der Waals surface area (Å²) in [6.45, 7) is 6.37. The van der Waals surface area contributed by atoms with Gasteiger partial charge in [-0.25, -0.2) is 4.98 Å². The number of aryl methyl sites for hydroxylation is 4. The molecule has 4 rings (SSSR count). The molecule has 36 heavy (non-hydrogen) atoms. The number of nitrogens with one attached hydrogen (secondary N) is 1. The third kappa shape index (κ3) is 6.25. The van der Waals surface area contributed by atoms with E-state index in [4.69, 9.17) is 14.5 Å². The lowest BCUT2D eigenvalue weighted by molar-refractivity contribution is 0.0953. The molecule has 0 aliphatic carbocycles. The molecule has 0 atom stereocenters. The topological polar surface area (TPSA) is 65.4 Å². The van der Waals surface area contributed by atoms with Crippen molar-refractivity contribution >= 4 is 16.9 Å². The van der Waals surface area contributed by atoms with Gasteiger partial charge in [0, 0.05) is 25.1 Å². The molecule has 1 heterocycles. The predicted molar refractivity (Wildman–Crippen MR) is 144 cm³/mol. The SMILES string of the molecule is COc1ccc(C(=O)NCCCc2nc3ccccc3n2CCCCOc2c(C)cccc2C)cc1. The molecule has 3 aromatic carbocycles. The average molecular weight is 486 g/mol. The standard InChI is InChI=1S/C30H35N3O3/c1-22-10-8-11-23(2)29(22)36-21-7-6-20-33-27-13-5-4-12-26(27)32-28(33)14-9-19-31-30(34)24-15-17-25(35-3)18-16-24/h4-5,8,10-13,15-18H,6-7,9,14,19-21H2,1-3H3,(H,31,34). The van der Waals surface area contributed by atoms with Crippen LogP contribution in [0, 0.1) is 13.8 Å². The summed E-state index contributed by atoms with van der Waals surface area (Å²) >= 11 is 0. The Balaban J connectivity index is 1.29. The van der Waals surface area contributed by atoms with Crippen LogP contribution in [0.25, 0.3) is 11.0 Å². The Bertz CT molecular complexity index is 1270. The summed E-state index contributed by atoms with van der Waals surface area (Å²) < 4.78 is 13.6. The molecule has 0 aliphatic heterocycles. The molecule has 1 N–H and O–H groups in total. The second kappa shape index (κ2) is 12.2. The van der Waals surface area contributed by atoms with Gasteiger partial charge in [0.2, 0.25) is 0 Å². The first kappa shape index (κ1) is 25.3. The molecule has 4 aromatic rings. The number of para-hydroxylation sites is 3. The summed E-state index contributed by atoms with van der Waals surface area (Å²) in [5.74, 6) is 2.73. The molecule has 1 aromatic heterocycles. The molecular weight excluding hydrogens is 450 g/mol. The van der Waals surface area contributed by atoms with Gasteiger partial charge >= 0.3 is 0 Å². The summed E-state index contributed by atoms with van der Waals surface area (Å²) in [4.78, 5) is 17.3. The van der Waals surface area contributed by atoms with E-state index in [9.17, 15) is 4.79 Å². The first-order chi connectivity index (χ1) is 17.6. The Labute approximate surface area is 213 Å². The molecule has 0 saturated carbocycles. The largest absolute Gasteiger partial charge is 0.497 e. The molecule has 188 valence electrons. The second-order valence-electron chi connectivity index (χ2n) is 9.03. The van der Waals surface area contributed by atoms with Gasteiger partial charge in [0.15, 0.2) is 0 Å². The normalized spacial score (nSPS) is 11.0. The smallest absolute Gasteiger partial charge is 0.251 e. The average Bonchev–Trinajstić information content (AvgIpc) is 3.25. The molecule has 0 saturated heterocycles. The Kier molecular flexibility index (Phi) is 8.61. The minimum Gasteiger partial charge on any atom is -0.497 e. The van der Waals surface area contributed by atoms with Gasteiger partial charge in [-0.15, -0.1) is 0 Å². The van der Waals surface area contributed by atoms with Gasteiger partial charge in [-0.2, -0.15) is 0 Å². The van der Waals surface area contributed by atoms with Crippen LogP contribution in [0.2, 0.25) is 0 Å². The van der Waals surface area contributed by atoms with E-state index in [1.54, 1.807) is 31.4 Å². The molecule has 0 radical (unpaired) electrons. The highest BCUT2D eigenvalue weighted by Crippen LogP contribution is 2.23. The third-order valence-electron chi connectivity index (χ3n) is 6.38. The quantitative estimate of drug-likeness (QED) is 0.254. The van der Waals surface area contributed by atoms with E-state index in [-0.39, 0.29) is 5.91 Å². The summed E-state index contributed by atoms with van der Waals surface area (Å²) in [6.07, 6.45) is 3.60. The number of ether oxygens (including phenoxy) is 2. The zero-order valence-corrected chi connectivity index (χ0v) is 21.4. The van der Waals surface area contributed by atoms with Gasteiger partial charge in [0.25, 0.3) is 5.91 Å². The fourth-order valence-corrected chi connectivity index (χ4v) is 4.43. The van der Waals surface area contributed by atoms with Gasteiger partial charge in [0.05, 0.1) is 24.8 Å². The maximum atomic E-state index is 12.4.